The van der Waals surface area contributed by atoms with E-state index in [-0.39, 0.29) is 11.6 Å². The maximum Gasteiger partial charge on any atom is 0.271 e. The van der Waals surface area contributed by atoms with Crippen molar-refractivity contribution < 1.29 is 9.53 Å². The van der Waals surface area contributed by atoms with Crippen molar-refractivity contribution in [3.63, 3.8) is 0 Å². The molecule has 0 aromatic carbocycles. The summed E-state index contributed by atoms with van der Waals surface area (Å²) in [5.41, 5.74) is 5.61. The van der Waals surface area contributed by atoms with Crippen molar-refractivity contribution in [3.05, 3.63) is 17.8 Å². The quantitative estimate of drug-likeness (QED) is 0.658. The summed E-state index contributed by atoms with van der Waals surface area (Å²) in [6.07, 6.45) is 0.768. The zero-order valence-electron chi connectivity index (χ0n) is 8.56. The van der Waals surface area contributed by atoms with Crippen LogP contribution >= 0.6 is 0 Å². The lowest BCUT2D eigenvalue weighted by Gasteiger charge is -2.03. The Balaban J connectivity index is 2.37. The van der Waals surface area contributed by atoms with E-state index in [1.165, 1.54) is 12.1 Å². The number of hydrogen-bond acceptors (Lipinski definition) is 5. The molecule has 6 nitrogen and oxygen atoms in total. The number of nitrogens with zero attached hydrogens (tertiary/aromatic N) is 2. The molecule has 0 fully saturated rings. The van der Waals surface area contributed by atoms with Crippen LogP contribution in [0, 0.1) is 0 Å². The van der Waals surface area contributed by atoms with Gasteiger partial charge in [0.05, 0.1) is 0 Å². The van der Waals surface area contributed by atoms with Crippen LogP contribution in [-0.4, -0.2) is 36.4 Å². The fraction of sp³-hybridized carbons (Fsp3) is 0.444. The summed E-state index contributed by atoms with van der Waals surface area (Å²) in [5, 5.41) is 9.94. The zero-order valence-corrected chi connectivity index (χ0v) is 8.56. The van der Waals surface area contributed by atoms with E-state index in [0.29, 0.717) is 19.0 Å². The molecule has 1 aromatic rings. The van der Waals surface area contributed by atoms with Gasteiger partial charge in [0.2, 0.25) is 0 Å². The number of ether oxygens (including phenoxy) is 1. The van der Waals surface area contributed by atoms with Crippen molar-refractivity contribution in [3.8, 4) is 0 Å². The second-order valence-electron chi connectivity index (χ2n) is 2.95. The van der Waals surface area contributed by atoms with E-state index in [4.69, 9.17) is 10.5 Å². The van der Waals surface area contributed by atoms with Gasteiger partial charge in [0.15, 0.2) is 5.69 Å². The zero-order chi connectivity index (χ0) is 11.1. The molecular formula is C9H14N4O2. The van der Waals surface area contributed by atoms with Crippen LogP contribution in [0.1, 0.15) is 16.9 Å². The monoisotopic (exact) mass is 210 g/mol. The van der Waals surface area contributed by atoms with Crippen molar-refractivity contribution in [2.75, 3.05) is 26.0 Å². The molecule has 0 aliphatic heterocycles. The normalized spacial score (nSPS) is 9.93. The molecule has 0 atom stereocenters. The van der Waals surface area contributed by atoms with Crippen LogP contribution in [0.2, 0.25) is 0 Å². The van der Waals surface area contributed by atoms with E-state index in [1.807, 2.05) is 0 Å². The Morgan fingerprint density at radius 2 is 2.33 bits per heavy atom. The Morgan fingerprint density at radius 3 is 2.93 bits per heavy atom. The molecule has 1 rings (SSSR count). The molecule has 1 amide bonds. The van der Waals surface area contributed by atoms with Crippen LogP contribution < -0.4 is 11.1 Å². The molecule has 0 aliphatic rings. The maximum atomic E-state index is 11.4. The van der Waals surface area contributed by atoms with Crippen molar-refractivity contribution in [2.45, 2.75) is 6.42 Å². The summed E-state index contributed by atoms with van der Waals surface area (Å²) >= 11 is 0. The largest absolute Gasteiger partial charge is 0.385 e. The van der Waals surface area contributed by atoms with E-state index >= 15 is 0 Å². The molecule has 0 saturated heterocycles. The van der Waals surface area contributed by atoms with Gasteiger partial charge in [0, 0.05) is 20.3 Å². The summed E-state index contributed by atoms with van der Waals surface area (Å²) in [6.45, 7) is 1.17. The van der Waals surface area contributed by atoms with Gasteiger partial charge >= 0.3 is 0 Å². The predicted molar refractivity (Wildman–Crippen MR) is 55.3 cm³/mol. The van der Waals surface area contributed by atoms with Crippen LogP contribution in [0.15, 0.2) is 12.1 Å². The molecule has 15 heavy (non-hydrogen) atoms. The molecule has 0 aliphatic carbocycles. The number of nitrogens with one attached hydrogen (secondary N) is 1. The Hall–Kier alpha value is -1.69. The third kappa shape index (κ3) is 3.90. The summed E-state index contributed by atoms with van der Waals surface area (Å²) in [7, 11) is 1.62. The lowest BCUT2D eigenvalue weighted by molar-refractivity contribution is 0.0942. The van der Waals surface area contributed by atoms with Gasteiger partial charge in [0.25, 0.3) is 5.91 Å². The summed E-state index contributed by atoms with van der Waals surface area (Å²) < 4.78 is 4.85. The average molecular weight is 210 g/mol. The van der Waals surface area contributed by atoms with Gasteiger partial charge in [-0.3, -0.25) is 4.79 Å². The van der Waals surface area contributed by atoms with Crippen LogP contribution in [0.5, 0.6) is 0 Å². The highest BCUT2D eigenvalue weighted by Crippen LogP contribution is 1.96. The Labute approximate surface area is 87.8 Å². The molecule has 6 heteroatoms. The maximum absolute atomic E-state index is 11.4. The first kappa shape index (κ1) is 11.4. The molecule has 3 N–H and O–H groups in total. The van der Waals surface area contributed by atoms with Crippen molar-refractivity contribution in [1.29, 1.82) is 0 Å². The minimum absolute atomic E-state index is 0.251. The lowest BCUT2D eigenvalue weighted by atomic mass is 10.3. The molecule has 0 spiro atoms. The molecular weight excluding hydrogens is 196 g/mol. The standard InChI is InChI=1S/C9H14N4O2/c1-15-6-2-5-11-9(14)7-3-4-8(10)13-12-7/h3-4H,2,5-6H2,1H3,(H2,10,13)(H,11,14). The van der Waals surface area contributed by atoms with Crippen LogP contribution in [0.4, 0.5) is 5.82 Å². The van der Waals surface area contributed by atoms with Crippen LogP contribution in [-0.2, 0) is 4.74 Å². The number of nitrogens with two attached hydrogens (primary N) is 1. The smallest absolute Gasteiger partial charge is 0.271 e. The minimum Gasteiger partial charge on any atom is -0.385 e. The molecule has 82 valence electrons. The number of amides is 1. The number of anilines is 1. The molecule has 0 unspecified atom stereocenters. The molecule has 0 bridgehead atoms. The number of hydrogen-bond donors (Lipinski definition) is 2. The predicted octanol–water partition coefficient (Wildman–Crippen LogP) is -0.175. The van der Waals surface area contributed by atoms with Crippen molar-refractivity contribution >= 4 is 11.7 Å². The first-order chi connectivity index (χ1) is 7.24. The molecule has 1 heterocycles. The molecule has 0 saturated carbocycles. The van der Waals surface area contributed by atoms with E-state index < -0.39 is 0 Å². The van der Waals surface area contributed by atoms with Crippen LogP contribution in [0.25, 0.3) is 0 Å². The number of rotatable bonds is 5. The second-order valence-corrected chi connectivity index (χ2v) is 2.95. The minimum atomic E-state index is -0.251. The van der Waals surface area contributed by atoms with E-state index in [2.05, 4.69) is 15.5 Å². The van der Waals surface area contributed by atoms with Gasteiger partial charge in [-0.15, -0.1) is 10.2 Å². The summed E-state index contributed by atoms with van der Waals surface area (Å²) in [6, 6.07) is 3.07. The highest BCUT2D eigenvalue weighted by atomic mass is 16.5. The van der Waals surface area contributed by atoms with Crippen LogP contribution in [0.3, 0.4) is 0 Å². The lowest BCUT2D eigenvalue weighted by Crippen LogP contribution is -2.26. The van der Waals surface area contributed by atoms with Gasteiger partial charge in [-0.25, -0.2) is 0 Å². The molecule has 1 aromatic heterocycles. The van der Waals surface area contributed by atoms with Gasteiger partial charge in [-0.2, -0.15) is 0 Å². The number of carbonyl (C=O) groups excluding carboxylic acids is 1. The van der Waals surface area contributed by atoms with Gasteiger partial charge in [-0.1, -0.05) is 0 Å². The van der Waals surface area contributed by atoms with Gasteiger partial charge in [0.1, 0.15) is 5.82 Å². The Morgan fingerprint density at radius 1 is 1.53 bits per heavy atom. The average Bonchev–Trinajstić information content (AvgIpc) is 2.25. The summed E-state index contributed by atoms with van der Waals surface area (Å²) in [4.78, 5) is 11.4. The van der Waals surface area contributed by atoms with E-state index in [0.717, 1.165) is 6.42 Å². The summed E-state index contributed by atoms with van der Waals surface area (Å²) in [5.74, 6) is 0.0459. The first-order valence-electron chi connectivity index (χ1n) is 4.60. The second kappa shape index (κ2) is 5.92. The number of carbonyl (C=O) groups is 1. The highest BCUT2D eigenvalue weighted by molar-refractivity contribution is 5.92. The van der Waals surface area contributed by atoms with Crippen molar-refractivity contribution in [1.82, 2.24) is 15.5 Å². The molecule has 0 radical (unpaired) electrons. The SMILES string of the molecule is COCCCNC(=O)c1ccc(N)nn1. The number of methoxy groups -OCH3 is 1. The topological polar surface area (TPSA) is 90.1 Å². The van der Waals surface area contributed by atoms with E-state index in [9.17, 15) is 4.79 Å². The third-order valence-electron chi connectivity index (χ3n) is 1.73. The van der Waals surface area contributed by atoms with E-state index in [1.54, 1.807) is 7.11 Å². The first-order valence-corrected chi connectivity index (χ1v) is 4.60. The van der Waals surface area contributed by atoms with Crippen molar-refractivity contribution in [2.24, 2.45) is 0 Å². The fourth-order valence-corrected chi connectivity index (χ4v) is 0.973. The Kier molecular flexibility index (Phi) is 4.49. The number of nitrogen functional groups attached to an aromatic ring is 1. The third-order valence-corrected chi connectivity index (χ3v) is 1.73. The number of aromatic nitrogens is 2. The Bertz CT molecular complexity index is 312. The fourth-order valence-electron chi connectivity index (χ4n) is 0.973. The van der Waals surface area contributed by atoms with Gasteiger partial charge < -0.3 is 15.8 Å². The highest BCUT2D eigenvalue weighted by Gasteiger charge is 2.06. The van der Waals surface area contributed by atoms with Gasteiger partial charge in [-0.05, 0) is 18.6 Å².